The minimum Gasteiger partial charge on any atom is -0.465 e. The number of nitrogens with zero attached hydrogens (tertiary/aromatic N) is 2. The number of aromatic nitrogens is 2. The molecule has 0 aliphatic rings. The van der Waals surface area contributed by atoms with E-state index in [0.717, 1.165) is 21.3 Å². The fraction of sp³-hybridized carbons (Fsp3) is 0.350. The summed E-state index contributed by atoms with van der Waals surface area (Å²) < 4.78 is 4.86. The summed E-state index contributed by atoms with van der Waals surface area (Å²) in [6.45, 7) is 6.01. The maximum absolute atomic E-state index is 12.0. The SMILES string of the molecule is COC(=O)c1sc2nc(C)nc(NCCC(C)(O)c3ccccc3)c2c1C. The summed E-state index contributed by atoms with van der Waals surface area (Å²) in [5.41, 5.74) is 0.728. The number of benzene rings is 1. The van der Waals surface area contributed by atoms with Crippen LogP contribution in [0, 0.1) is 13.8 Å². The number of thiophene rings is 1. The number of hydrogen-bond acceptors (Lipinski definition) is 7. The molecule has 0 aliphatic heterocycles. The van der Waals surface area contributed by atoms with E-state index >= 15 is 0 Å². The smallest absolute Gasteiger partial charge is 0.348 e. The van der Waals surface area contributed by atoms with Crippen molar-refractivity contribution in [3.8, 4) is 0 Å². The monoisotopic (exact) mass is 385 g/mol. The van der Waals surface area contributed by atoms with Crippen LogP contribution in [0.5, 0.6) is 0 Å². The van der Waals surface area contributed by atoms with Crippen LogP contribution in [-0.4, -0.2) is 34.7 Å². The van der Waals surface area contributed by atoms with E-state index in [1.807, 2.05) is 44.2 Å². The largest absolute Gasteiger partial charge is 0.465 e. The van der Waals surface area contributed by atoms with E-state index in [0.29, 0.717) is 29.5 Å². The quantitative estimate of drug-likeness (QED) is 0.628. The summed E-state index contributed by atoms with van der Waals surface area (Å²) in [5.74, 6) is 0.925. The number of aliphatic hydroxyl groups is 1. The van der Waals surface area contributed by atoms with Crippen LogP contribution in [0.4, 0.5) is 5.82 Å². The molecule has 0 aliphatic carbocycles. The minimum absolute atomic E-state index is 0.369. The third-order valence-corrected chi connectivity index (χ3v) is 5.74. The lowest BCUT2D eigenvalue weighted by atomic mass is 9.93. The first kappa shape index (κ1) is 19.3. The summed E-state index contributed by atoms with van der Waals surface area (Å²) in [5, 5.41) is 14.9. The Kier molecular flexibility index (Phi) is 5.43. The second-order valence-electron chi connectivity index (χ2n) is 6.66. The molecule has 0 radical (unpaired) electrons. The molecule has 3 rings (SSSR count). The van der Waals surface area contributed by atoms with Crippen LogP contribution in [-0.2, 0) is 10.3 Å². The van der Waals surface area contributed by atoms with Crippen LogP contribution in [0.2, 0.25) is 0 Å². The number of fused-ring (bicyclic) bond motifs is 1. The zero-order valence-electron chi connectivity index (χ0n) is 15.9. The molecule has 6 nitrogen and oxygen atoms in total. The van der Waals surface area contributed by atoms with Gasteiger partial charge in [0.1, 0.15) is 21.3 Å². The van der Waals surface area contributed by atoms with Gasteiger partial charge in [-0.2, -0.15) is 0 Å². The lowest BCUT2D eigenvalue weighted by Gasteiger charge is -2.24. The van der Waals surface area contributed by atoms with Crippen molar-refractivity contribution in [3.63, 3.8) is 0 Å². The summed E-state index contributed by atoms with van der Waals surface area (Å²) in [4.78, 5) is 22.2. The predicted octanol–water partition coefficient (Wildman–Crippen LogP) is 3.80. The molecule has 2 N–H and O–H groups in total. The van der Waals surface area contributed by atoms with Gasteiger partial charge in [0.05, 0.1) is 18.1 Å². The molecule has 0 saturated carbocycles. The molecule has 0 amide bonds. The van der Waals surface area contributed by atoms with Gasteiger partial charge in [0.15, 0.2) is 0 Å². The molecule has 2 heterocycles. The Morgan fingerprint density at radius 2 is 1.96 bits per heavy atom. The topological polar surface area (TPSA) is 84.3 Å². The zero-order valence-corrected chi connectivity index (χ0v) is 16.7. The van der Waals surface area contributed by atoms with Gasteiger partial charge in [-0.3, -0.25) is 0 Å². The number of methoxy groups -OCH3 is 1. The third-order valence-electron chi connectivity index (χ3n) is 4.57. The van der Waals surface area contributed by atoms with Crippen molar-refractivity contribution in [2.24, 2.45) is 0 Å². The highest BCUT2D eigenvalue weighted by Gasteiger charge is 2.24. The second-order valence-corrected chi connectivity index (χ2v) is 7.66. The molecule has 7 heteroatoms. The molecule has 3 aromatic rings. The second kappa shape index (κ2) is 7.62. The fourth-order valence-corrected chi connectivity index (χ4v) is 4.17. The Morgan fingerprint density at radius 3 is 2.63 bits per heavy atom. The number of carbonyl (C=O) groups excluding carboxylic acids is 1. The lowest BCUT2D eigenvalue weighted by Crippen LogP contribution is -2.24. The molecule has 1 aromatic carbocycles. The number of carbonyl (C=O) groups is 1. The number of anilines is 1. The van der Waals surface area contributed by atoms with E-state index in [1.54, 1.807) is 6.92 Å². The summed E-state index contributed by atoms with van der Waals surface area (Å²) in [6.07, 6.45) is 0.509. The maximum atomic E-state index is 12.0. The van der Waals surface area contributed by atoms with Gasteiger partial charge in [-0.1, -0.05) is 30.3 Å². The molecule has 0 saturated heterocycles. The number of ether oxygens (including phenoxy) is 1. The number of esters is 1. The number of hydrogen-bond donors (Lipinski definition) is 2. The Bertz CT molecular complexity index is 968. The van der Waals surface area contributed by atoms with Crippen LogP contribution >= 0.6 is 11.3 Å². The number of rotatable bonds is 6. The number of nitrogens with one attached hydrogen (secondary N) is 1. The molecular formula is C20H23N3O3S. The highest BCUT2D eigenvalue weighted by atomic mass is 32.1. The molecule has 1 unspecified atom stereocenters. The average molecular weight is 385 g/mol. The molecule has 0 bridgehead atoms. The van der Waals surface area contributed by atoms with Gasteiger partial charge in [0.2, 0.25) is 0 Å². The van der Waals surface area contributed by atoms with Gasteiger partial charge in [-0.25, -0.2) is 14.8 Å². The highest BCUT2D eigenvalue weighted by molar-refractivity contribution is 7.20. The van der Waals surface area contributed by atoms with Crippen LogP contribution < -0.4 is 5.32 Å². The van der Waals surface area contributed by atoms with Crippen LogP contribution in [0.15, 0.2) is 30.3 Å². The zero-order chi connectivity index (χ0) is 19.6. The van der Waals surface area contributed by atoms with Crippen molar-refractivity contribution in [2.75, 3.05) is 19.0 Å². The standard InChI is InChI=1S/C20H23N3O3S/c1-12-15-17(21-11-10-20(3,25)14-8-6-5-7-9-14)22-13(2)23-18(15)27-16(12)19(24)26-4/h5-9,25H,10-11H2,1-4H3,(H,21,22,23). The summed E-state index contributed by atoms with van der Waals surface area (Å²) in [6, 6.07) is 9.59. The van der Waals surface area contributed by atoms with Crippen LogP contribution in [0.1, 0.15) is 40.0 Å². The van der Waals surface area contributed by atoms with E-state index in [-0.39, 0.29) is 5.97 Å². The molecule has 1 atom stereocenters. The normalized spacial score (nSPS) is 13.4. The molecule has 0 fully saturated rings. The maximum Gasteiger partial charge on any atom is 0.348 e. The first-order valence-electron chi connectivity index (χ1n) is 8.71. The first-order chi connectivity index (χ1) is 12.8. The van der Waals surface area contributed by atoms with Crippen molar-refractivity contribution in [2.45, 2.75) is 32.8 Å². The predicted molar refractivity (Wildman–Crippen MR) is 107 cm³/mol. The number of aryl methyl sites for hydroxylation is 2. The summed E-state index contributed by atoms with van der Waals surface area (Å²) in [7, 11) is 1.37. The molecule has 27 heavy (non-hydrogen) atoms. The fourth-order valence-electron chi connectivity index (χ4n) is 3.03. The van der Waals surface area contributed by atoms with Gasteiger partial charge >= 0.3 is 5.97 Å². The first-order valence-corrected chi connectivity index (χ1v) is 9.53. The van der Waals surface area contributed by atoms with Gasteiger partial charge in [-0.05, 0) is 38.3 Å². The third kappa shape index (κ3) is 3.94. The van der Waals surface area contributed by atoms with Crippen molar-refractivity contribution < 1.29 is 14.6 Å². The minimum atomic E-state index is -0.948. The Labute approximate surface area is 162 Å². The van der Waals surface area contributed by atoms with Gasteiger partial charge in [-0.15, -0.1) is 11.3 Å². The van der Waals surface area contributed by atoms with E-state index in [1.165, 1.54) is 18.4 Å². The van der Waals surface area contributed by atoms with Crippen LogP contribution in [0.25, 0.3) is 10.2 Å². The van der Waals surface area contributed by atoms with Crippen LogP contribution in [0.3, 0.4) is 0 Å². The van der Waals surface area contributed by atoms with E-state index in [4.69, 9.17) is 4.74 Å². The molecule has 142 valence electrons. The highest BCUT2D eigenvalue weighted by Crippen LogP contribution is 2.34. The molecular weight excluding hydrogens is 362 g/mol. The molecule has 0 spiro atoms. The van der Waals surface area contributed by atoms with Crippen molar-refractivity contribution in [3.05, 3.63) is 52.2 Å². The molecule has 2 aromatic heterocycles. The average Bonchev–Trinajstić information content (AvgIpc) is 2.98. The van der Waals surface area contributed by atoms with Gasteiger partial charge in [0, 0.05) is 6.54 Å². The van der Waals surface area contributed by atoms with E-state index in [9.17, 15) is 9.90 Å². The van der Waals surface area contributed by atoms with Gasteiger partial charge < -0.3 is 15.2 Å². The Balaban J connectivity index is 1.84. The summed E-state index contributed by atoms with van der Waals surface area (Å²) >= 11 is 1.31. The van der Waals surface area contributed by atoms with E-state index < -0.39 is 5.60 Å². The van der Waals surface area contributed by atoms with Crippen molar-refractivity contribution >= 4 is 33.3 Å². The van der Waals surface area contributed by atoms with E-state index in [2.05, 4.69) is 15.3 Å². The Hall–Kier alpha value is -2.51. The van der Waals surface area contributed by atoms with Gasteiger partial charge in [0.25, 0.3) is 0 Å². The lowest BCUT2D eigenvalue weighted by molar-refractivity contribution is 0.0515. The van der Waals surface area contributed by atoms with Crippen molar-refractivity contribution in [1.29, 1.82) is 0 Å². The van der Waals surface area contributed by atoms with Crippen molar-refractivity contribution in [1.82, 2.24) is 9.97 Å². The Morgan fingerprint density at radius 1 is 1.26 bits per heavy atom.